The molecule has 20 heavy (non-hydrogen) atoms. The molecule has 0 atom stereocenters. The lowest BCUT2D eigenvalue weighted by atomic mass is 10.1. The normalized spacial score (nSPS) is 9.70. The quantitative estimate of drug-likeness (QED) is 0.834. The maximum absolute atomic E-state index is 11.9. The van der Waals surface area contributed by atoms with Gasteiger partial charge >= 0.3 is 0 Å². The predicted octanol–water partition coefficient (Wildman–Crippen LogP) is 1.83. The van der Waals surface area contributed by atoms with Gasteiger partial charge in [0, 0.05) is 17.3 Å². The summed E-state index contributed by atoms with van der Waals surface area (Å²) in [5.74, 6) is 5.25. The zero-order valence-electron chi connectivity index (χ0n) is 11.0. The molecule has 0 radical (unpaired) electrons. The number of amides is 1. The smallest absolute Gasteiger partial charge is 0.294 e. The van der Waals surface area contributed by atoms with Gasteiger partial charge in [-0.2, -0.15) is 0 Å². The lowest BCUT2D eigenvalue weighted by Crippen LogP contribution is -2.12. The van der Waals surface area contributed by atoms with Crippen molar-refractivity contribution in [3.8, 4) is 11.8 Å². The van der Waals surface area contributed by atoms with E-state index >= 15 is 0 Å². The van der Waals surface area contributed by atoms with Crippen LogP contribution in [0.2, 0.25) is 0 Å². The molecule has 0 bridgehead atoms. The second-order valence-corrected chi connectivity index (χ2v) is 4.02. The van der Waals surface area contributed by atoms with Crippen molar-refractivity contribution in [3.05, 3.63) is 47.3 Å². The molecule has 1 heterocycles. The number of carbonyl (C=O) groups excluding carboxylic acids is 1. The molecule has 0 fully saturated rings. The first-order valence-corrected chi connectivity index (χ1v) is 6.19. The fourth-order valence-electron chi connectivity index (χ4n) is 1.74. The second-order valence-electron chi connectivity index (χ2n) is 4.02. The minimum absolute atomic E-state index is 0.163. The monoisotopic (exact) mass is 270 g/mol. The van der Waals surface area contributed by atoms with Gasteiger partial charge < -0.3 is 14.9 Å². The summed E-state index contributed by atoms with van der Waals surface area (Å²) in [5.41, 5.74) is 2.47. The van der Waals surface area contributed by atoms with Crippen LogP contribution in [-0.2, 0) is 6.42 Å². The first kappa shape index (κ1) is 13.8. The van der Waals surface area contributed by atoms with Gasteiger partial charge in [-0.1, -0.05) is 23.9 Å². The third-order valence-electron chi connectivity index (χ3n) is 2.71. The molecule has 0 saturated heterocycles. The highest BCUT2D eigenvalue weighted by Gasteiger charge is 2.11. The Morgan fingerprint density at radius 3 is 2.95 bits per heavy atom. The van der Waals surface area contributed by atoms with Crippen molar-refractivity contribution in [1.82, 2.24) is 5.16 Å². The van der Waals surface area contributed by atoms with Crippen molar-refractivity contribution in [2.75, 3.05) is 11.9 Å². The van der Waals surface area contributed by atoms with Crippen molar-refractivity contribution in [2.45, 2.75) is 13.3 Å². The van der Waals surface area contributed by atoms with Gasteiger partial charge in [-0.05, 0) is 30.2 Å². The van der Waals surface area contributed by atoms with E-state index in [1.54, 1.807) is 12.1 Å². The molecular formula is C15H14N2O3. The third kappa shape index (κ3) is 3.25. The molecule has 0 saturated carbocycles. The lowest BCUT2D eigenvalue weighted by Gasteiger charge is -2.09. The van der Waals surface area contributed by atoms with Crippen LogP contribution in [0.3, 0.4) is 0 Å². The van der Waals surface area contributed by atoms with E-state index in [9.17, 15) is 4.79 Å². The maximum Gasteiger partial charge on any atom is 0.294 e. The fourth-order valence-corrected chi connectivity index (χ4v) is 1.74. The molecule has 0 unspecified atom stereocenters. The van der Waals surface area contributed by atoms with E-state index in [0.717, 1.165) is 17.5 Å². The van der Waals surface area contributed by atoms with Crippen LogP contribution >= 0.6 is 0 Å². The minimum Gasteiger partial charge on any atom is -0.384 e. The molecule has 102 valence electrons. The molecule has 2 rings (SSSR count). The first-order chi connectivity index (χ1) is 9.74. The molecular weight excluding hydrogens is 256 g/mol. The Morgan fingerprint density at radius 2 is 2.30 bits per heavy atom. The van der Waals surface area contributed by atoms with E-state index < -0.39 is 0 Å². The van der Waals surface area contributed by atoms with Gasteiger partial charge in [-0.25, -0.2) is 0 Å². The molecule has 0 aliphatic rings. The van der Waals surface area contributed by atoms with E-state index in [1.165, 1.54) is 12.3 Å². The number of hydrogen-bond donors (Lipinski definition) is 2. The summed E-state index contributed by atoms with van der Waals surface area (Å²) in [4.78, 5) is 11.9. The Hall–Kier alpha value is -2.58. The van der Waals surface area contributed by atoms with Gasteiger partial charge in [-0.15, -0.1) is 0 Å². The Labute approximate surface area is 116 Å². The fraction of sp³-hybridized carbons (Fsp3) is 0.200. The number of nitrogens with zero attached hydrogens (tertiary/aromatic N) is 1. The largest absolute Gasteiger partial charge is 0.384 e. The van der Waals surface area contributed by atoms with E-state index in [0.29, 0.717) is 5.69 Å². The summed E-state index contributed by atoms with van der Waals surface area (Å²) < 4.78 is 4.81. The molecule has 0 aliphatic carbocycles. The molecule has 2 aromatic rings. The number of aryl methyl sites for hydroxylation is 1. The van der Waals surface area contributed by atoms with Crippen LogP contribution in [0.5, 0.6) is 0 Å². The third-order valence-corrected chi connectivity index (χ3v) is 2.71. The number of rotatable bonds is 3. The molecule has 5 nitrogen and oxygen atoms in total. The van der Waals surface area contributed by atoms with Gasteiger partial charge in [-0.3, -0.25) is 4.79 Å². The molecule has 2 N–H and O–H groups in total. The number of anilines is 1. The van der Waals surface area contributed by atoms with Crippen molar-refractivity contribution >= 4 is 11.6 Å². The minimum atomic E-state index is -0.341. The maximum atomic E-state index is 11.9. The Bertz CT molecular complexity index is 651. The first-order valence-electron chi connectivity index (χ1n) is 6.19. The van der Waals surface area contributed by atoms with Gasteiger partial charge in [0.05, 0.1) is 6.20 Å². The predicted molar refractivity (Wildman–Crippen MR) is 74.2 cm³/mol. The van der Waals surface area contributed by atoms with Crippen LogP contribution in [0.4, 0.5) is 5.69 Å². The van der Waals surface area contributed by atoms with E-state index in [-0.39, 0.29) is 18.3 Å². The van der Waals surface area contributed by atoms with Crippen molar-refractivity contribution < 1.29 is 14.4 Å². The average molecular weight is 270 g/mol. The molecule has 1 amide bonds. The van der Waals surface area contributed by atoms with Gasteiger partial charge in [0.15, 0.2) is 0 Å². The summed E-state index contributed by atoms with van der Waals surface area (Å²) >= 11 is 0. The highest BCUT2D eigenvalue weighted by Crippen LogP contribution is 2.19. The number of aliphatic hydroxyl groups is 1. The summed E-state index contributed by atoms with van der Waals surface area (Å²) in [5, 5.41) is 15.0. The van der Waals surface area contributed by atoms with Crippen LogP contribution in [0.25, 0.3) is 0 Å². The zero-order chi connectivity index (χ0) is 14.4. The van der Waals surface area contributed by atoms with E-state index in [4.69, 9.17) is 9.63 Å². The summed E-state index contributed by atoms with van der Waals surface area (Å²) in [6, 6.07) is 6.97. The molecule has 1 aromatic heterocycles. The number of aliphatic hydroxyl groups excluding tert-OH is 1. The number of carbonyl (C=O) groups is 1. The molecule has 5 heteroatoms. The van der Waals surface area contributed by atoms with Crippen LogP contribution in [0.15, 0.2) is 35.0 Å². The topological polar surface area (TPSA) is 75.4 Å². The highest BCUT2D eigenvalue weighted by atomic mass is 16.5. The van der Waals surface area contributed by atoms with Crippen molar-refractivity contribution in [2.24, 2.45) is 0 Å². The van der Waals surface area contributed by atoms with Gasteiger partial charge in [0.25, 0.3) is 5.91 Å². The van der Waals surface area contributed by atoms with Crippen LogP contribution < -0.4 is 5.32 Å². The molecule has 0 spiro atoms. The number of aromatic nitrogens is 1. The van der Waals surface area contributed by atoms with Crippen LogP contribution in [0, 0.1) is 11.8 Å². The average Bonchev–Trinajstić information content (AvgIpc) is 3.00. The van der Waals surface area contributed by atoms with Crippen molar-refractivity contribution in [3.63, 3.8) is 0 Å². The summed E-state index contributed by atoms with van der Waals surface area (Å²) in [6.07, 6.45) is 2.17. The Morgan fingerprint density at radius 1 is 1.45 bits per heavy atom. The van der Waals surface area contributed by atoms with Crippen LogP contribution in [0.1, 0.15) is 28.6 Å². The summed E-state index contributed by atoms with van der Waals surface area (Å²) in [6.45, 7) is 1.81. The van der Waals surface area contributed by atoms with Gasteiger partial charge in [0.2, 0.25) is 5.76 Å². The molecule has 1 aromatic carbocycles. The Kier molecular flexibility index (Phi) is 4.53. The van der Waals surface area contributed by atoms with E-state index in [2.05, 4.69) is 22.3 Å². The van der Waals surface area contributed by atoms with Crippen molar-refractivity contribution in [1.29, 1.82) is 0 Å². The number of hydrogen-bond acceptors (Lipinski definition) is 4. The summed E-state index contributed by atoms with van der Waals surface area (Å²) in [7, 11) is 0. The lowest BCUT2D eigenvalue weighted by molar-refractivity contribution is 0.0988. The molecule has 0 aliphatic heterocycles. The van der Waals surface area contributed by atoms with E-state index in [1.807, 2.05) is 13.0 Å². The number of benzene rings is 1. The Balaban J connectivity index is 2.21. The van der Waals surface area contributed by atoms with Gasteiger partial charge in [0.1, 0.15) is 6.61 Å². The second kappa shape index (κ2) is 6.55. The SMILES string of the molecule is CCc1cc(C#CCO)ccc1NC(=O)c1ccno1. The number of nitrogens with one attached hydrogen (secondary N) is 1. The standard InChI is InChI=1S/C15H14N2O3/c1-2-12-10-11(4-3-9-18)5-6-13(12)17-15(19)14-7-8-16-20-14/h5-8,10,18H,2,9H2,1H3,(H,17,19). The van der Waals surface area contributed by atoms with Crippen LogP contribution in [-0.4, -0.2) is 22.8 Å². The highest BCUT2D eigenvalue weighted by molar-refractivity contribution is 6.02. The zero-order valence-corrected chi connectivity index (χ0v) is 11.0.